The molecule has 11 heteroatoms. The van der Waals surface area contributed by atoms with Crippen LogP contribution in [-0.4, -0.2) is 42.4 Å². The van der Waals surface area contributed by atoms with Gasteiger partial charge in [0.15, 0.2) is 5.17 Å². The first kappa shape index (κ1) is 21.2. The highest BCUT2D eigenvalue weighted by molar-refractivity contribution is 8.15. The molecule has 2 aromatic rings. The number of hydrogen-bond donors (Lipinski definition) is 2. The van der Waals surface area contributed by atoms with Crippen LogP contribution in [0.5, 0.6) is 0 Å². The molecule has 0 bridgehead atoms. The Morgan fingerprint density at radius 2 is 1.79 bits per heavy atom. The number of carbonyl (C=O) groups excluding carboxylic acids is 1. The summed E-state index contributed by atoms with van der Waals surface area (Å²) in [4.78, 5) is 26.6. The molecule has 0 saturated heterocycles. The largest absolute Gasteiger partial charge is 0.480 e. The van der Waals surface area contributed by atoms with Crippen molar-refractivity contribution in [2.75, 3.05) is 10.8 Å². The van der Waals surface area contributed by atoms with Crippen molar-refractivity contribution in [2.24, 2.45) is 10.7 Å². The number of rotatable bonds is 7. The van der Waals surface area contributed by atoms with Gasteiger partial charge >= 0.3 is 5.97 Å². The molecule has 3 N–H and O–H groups in total. The van der Waals surface area contributed by atoms with Crippen molar-refractivity contribution in [3.63, 3.8) is 0 Å². The fraction of sp³-hybridized carbons (Fsp3) is 0.167. The van der Waals surface area contributed by atoms with Crippen molar-refractivity contribution in [1.82, 2.24) is 0 Å². The minimum Gasteiger partial charge on any atom is -0.480 e. The first-order valence-corrected chi connectivity index (χ1v) is 11.0. The van der Waals surface area contributed by atoms with E-state index in [2.05, 4.69) is 4.99 Å². The van der Waals surface area contributed by atoms with Crippen molar-refractivity contribution >= 4 is 56.1 Å². The molecule has 0 aromatic heterocycles. The van der Waals surface area contributed by atoms with E-state index in [-0.39, 0.29) is 21.7 Å². The third kappa shape index (κ3) is 4.89. The van der Waals surface area contributed by atoms with Gasteiger partial charge in [0.25, 0.3) is 15.9 Å². The van der Waals surface area contributed by atoms with Crippen molar-refractivity contribution in [3.05, 3.63) is 59.1 Å². The zero-order valence-electron chi connectivity index (χ0n) is 14.9. The number of nitrogens with zero attached hydrogens (tertiary/aromatic N) is 2. The first-order chi connectivity index (χ1) is 13.7. The molecule has 1 unspecified atom stereocenters. The van der Waals surface area contributed by atoms with Gasteiger partial charge in [0, 0.05) is 5.02 Å². The third-order valence-corrected chi connectivity index (χ3v) is 7.11. The van der Waals surface area contributed by atoms with Crippen molar-refractivity contribution < 1.29 is 23.1 Å². The SMILES string of the molecule is NC1=NC(=O)C(Cc2ccc(S(=O)(=O)N(CC(=O)O)c3ccc(Cl)cc3)cc2)S1. The first-order valence-electron chi connectivity index (χ1n) is 8.30. The zero-order chi connectivity index (χ0) is 21.2. The highest BCUT2D eigenvalue weighted by atomic mass is 35.5. The van der Waals surface area contributed by atoms with Crippen LogP contribution in [0.2, 0.25) is 5.02 Å². The van der Waals surface area contributed by atoms with Gasteiger partial charge in [-0.1, -0.05) is 35.5 Å². The summed E-state index contributed by atoms with van der Waals surface area (Å²) < 4.78 is 26.9. The second-order valence-corrected chi connectivity index (χ2v) is 9.65. The van der Waals surface area contributed by atoms with Crippen LogP contribution in [0.3, 0.4) is 0 Å². The van der Waals surface area contributed by atoms with E-state index >= 15 is 0 Å². The fourth-order valence-corrected chi connectivity index (χ4v) is 5.12. The molecule has 152 valence electrons. The van der Waals surface area contributed by atoms with Gasteiger partial charge in [-0.25, -0.2) is 8.42 Å². The predicted octanol–water partition coefficient (Wildman–Crippen LogP) is 2.12. The van der Waals surface area contributed by atoms with Gasteiger partial charge in [0.1, 0.15) is 6.54 Å². The van der Waals surface area contributed by atoms with Crippen LogP contribution < -0.4 is 10.0 Å². The summed E-state index contributed by atoms with van der Waals surface area (Å²) in [5.74, 6) is -1.62. The molecule has 1 aliphatic heterocycles. The number of thioether (sulfide) groups is 1. The number of aliphatic carboxylic acids is 1. The number of sulfonamides is 1. The Morgan fingerprint density at radius 1 is 1.17 bits per heavy atom. The maximum absolute atomic E-state index is 13.0. The number of anilines is 1. The van der Waals surface area contributed by atoms with Crippen molar-refractivity contribution in [1.29, 1.82) is 0 Å². The summed E-state index contributed by atoms with van der Waals surface area (Å²) >= 11 is 7.00. The standard InChI is InChI=1S/C18H16ClN3O5S2/c19-12-3-5-13(6-4-12)22(10-16(23)24)29(26,27)14-7-1-11(2-8-14)9-15-17(25)21-18(20)28-15/h1-8,15H,9-10H2,(H,23,24)(H2,20,21,25). The molecule has 0 aliphatic carbocycles. The number of carboxylic acids is 1. The highest BCUT2D eigenvalue weighted by Gasteiger charge is 2.29. The Balaban J connectivity index is 1.85. The van der Waals surface area contributed by atoms with Crippen molar-refractivity contribution in [3.8, 4) is 0 Å². The van der Waals surface area contributed by atoms with E-state index in [0.717, 1.165) is 21.6 Å². The molecule has 3 rings (SSSR count). The number of amides is 1. The second kappa shape index (κ2) is 8.44. The number of benzene rings is 2. The number of nitrogens with two attached hydrogens (primary N) is 1. The molecule has 0 radical (unpaired) electrons. The van der Waals surface area contributed by atoms with Crippen LogP contribution in [0.1, 0.15) is 5.56 Å². The van der Waals surface area contributed by atoms with Gasteiger partial charge < -0.3 is 10.8 Å². The molecule has 1 heterocycles. The summed E-state index contributed by atoms with van der Waals surface area (Å²) in [7, 11) is -4.13. The van der Waals surface area contributed by atoms with E-state index in [1.807, 2.05) is 0 Å². The number of halogens is 1. The van der Waals surface area contributed by atoms with E-state index in [1.54, 1.807) is 12.1 Å². The molecule has 2 aromatic carbocycles. The number of hydrogen-bond acceptors (Lipinski definition) is 6. The summed E-state index contributed by atoms with van der Waals surface area (Å²) in [6.07, 6.45) is 0.351. The molecular weight excluding hydrogens is 438 g/mol. The average molecular weight is 454 g/mol. The fourth-order valence-electron chi connectivity index (χ4n) is 2.72. The van der Waals surface area contributed by atoms with Gasteiger partial charge in [0.05, 0.1) is 15.8 Å². The van der Waals surface area contributed by atoms with Gasteiger partial charge in [0.2, 0.25) is 0 Å². The van der Waals surface area contributed by atoms with Gasteiger partial charge in [-0.05, 0) is 48.4 Å². The van der Waals surface area contributed by atoms with Crippen LogP contribution in [0.15, 0.2) is 58.4 Å². The van der Waals surface area contributed by atoms with E-state index in [4.69, 9.17) is 17.3 Å². The van der Waals surface area contributed by atoms with Crippen LogP contribution in [0.25, 0.3) is 0 Å². The Hall–Kier alpha value is -2.56. The second-order valence-electron chi connectivity index (χ2n) is 6.12. The summed E-state index contributed by atoms with van der Waals surface area (Å²) in [5.41, 5.74) is 6.45. The lowest BCUT2D eigenvalue weighted by Gasteiger charge is -2.23. The molecule has 0 spiro atoms. The topological polar surface area (TPSA) is 130 Å². The van der Waals surface area contributed by atoms with Crippen LogP contribution in [0, 0.1) is 0 Å². The lowest BCUT2D eigenvalue weighted by molar-refractivity contribution is -0.135. The Bertz CT molecular complexity index is 1070. The zero-order valence-corrected chi connectivity index (χ0v) is 17.2. The maximum Gasteiger partial charge on any atom is 0.324 e. The highest BCUT2D eigenvalue weighted by Crippen LogP contribution is 2.27. The van der Waals surface area contributed by atoms with E-state index < -0.39 is 27.8 Å². The molecule has 1 amide bonds. The quantitative estimate of drug-likeness (QED) is 0.656. The number of carbonyl (C=O) groups is 2. The Labute approximate surface area is 176 Å². The molecule has 1 atom stereocenters. The summed E-state index contributed by atoms with van der Waals surface area (Å²) in [5, 5.41) is 9.35. The lowest BCUT2D eigenvalue weighted by Crippen LogP contribution is -2.35. The summed E-state index contributed by atoms with van der Waals surface area (Å²) in [6, 6.07) is 11.7. The molecular formula is C18H16ClN3O5S2. The van der Waals surface area contributed by atoms with E-state index in [9.17, 15) is 23.1 Å². The molecule has 0 fully saturated rings. The van der Waals surface area contributed by atoms with Gasteiger partial charge in [-0.3, -0.25) is 13.9 Å². The normalized spacial score (nSPS) is 16.5. The molecule has 8 nitrogen and oxygen atoms in total. The molecule has 0 saturated carbocycles. The van der Waals surface area contributed by atoms with Crippen LogP contribution in [0.4, 0.5) is 5.69 Å². The maximum atomic E-state index is 13.0. The van der Waals surface area contributed by atoms with Crippen LogP contribution >= 0.6 is 23.4 Å². The molecule has 1 aliphatic rings. The number of amidine groups is 1. The van der Waals surface area contributed by atoms with Crippen LogP contribution in [-0.2, 0) is 26.0 Å². The minimum absolute atomic E-state index is 0.0707. The molecule has 29 heavy (non-hydrogen) atoms. The minimum atomic E-state index is -4.13. The summed E-state index contributed by atoms with van der Waals surface area (Å²) in [6.45, 7) is -0.741. The van der Waals surface area contributed by atoms with Gasteiger partial charge in [-0.2, -0.15) is 4.99 Å². The number of carboxylic acid groups (broad SMARTS) is 1. The third-order valence-electron chi connectivity index (χ3n) is 4.08. The van der Waals surface area contributed by atoms with E-state index in [0.29, 0.717) is 11.4 Å². The van der Waals surface area contributed by atoms with E-state index in [1.165, 1.54) is 36.4 Å². The monoisotopic (exact) mass is 453 g/mol. The van der Waals surface area contributed by atoms with Crippen molar-refractivity contribution in [2.45, 2.75) is 16.6 Å². The Kier molecular flexibility index (Phi) is 6.15. The Morgan fingerprint density at radius 3 is 2.31 bits per heavy atom. The lowest BCUT2D eigenvalue weighted by atomic mass is 10.1. The average Bonchev–Trinajstić information content (AvgIpc) is 2.98. The van der Waals surface area contributed by atoms with Gasteiger partial charge in [-0.15, -0.1) is 0 Å². The number of aliphatic imine (C=N–C) groups is 1. The predicted molar refractivity (Wildman–Crippen MR) is 112 cm³/mol. The smallest absolute Gasteiger partial charge is 0.324 e.